The molecule has 0 aliphatic heterocycles. The van der Waals surface area contributed by atoms with Gasteiger partial charge < -0.3 is 15.4 Å². The molecule has 0 atom stereocenters. The monoisotopic (exact) mass is 445 g/mol. The van der Waals surface area contributed by atoms with Crippen molar-refractivity contribution in [2.45, 2.75) is 19.9 Å². The van der Waals surface area contributed by atoms with Crippen molar-refractivity contribution >= 4 is 41.3 Å². The lowest BCUT2D eigenvalue weighted by molar-refractivity contribution is 0.414. The third-order valence-corrected chi connectivity index (χ3v) is 4.04. The molecule has 0 unspecified atom stereocenters. The molecule has 6 heteroatoms. The fourth-order valence-corrected chi connectivity index (χ4v) is 2.65. The van der Waals surface area contributed by atoms with Gasteiger partial charge in [0.15, 0.2) is 5.96 Å². The molecule has 0 saturated carbocycles. The molecule has 2 rings (SSSR count). The topological polar surface area (TPSA) is 45.7 Å². The Morgan fingerprint density at radius 3 is 2.57 bits per heavy atom. The Balaban J connectivity index is 0.00000264. The lowest BCUT2D eigenvalue weighted by Gasteiger charge is -2.11. The maximum atomic E-state index is 5.17. The largest absolute Gasteiger partial charge is 0.497 e. The zero-order valence-electron chi connectivity index (χ0n) is 13.5. The molecule has 2 N–H and O–H groups in total. The van der Waals surface area contributed by atoms with Crippen molar-refractivity contribution in [3.8, 4) is 5.75 Å². The molecular formula is C17H24IN3OS. The smallest absolute Gasteiger partial charge is 0.191 e. The third kappa shape index (κ3) is 7.22. The van der Waals surface area contributed by atoms with Gasteiger partial charge in [-0.2, -0.15) is 0 Å². The van der Waals surface area contributed by atoms with Crippen molar-refractivity contribution in [2.24, 2.45) is 4.99 Å². The molecule has 1 aromatic carbocycles. The number of hydrogen-bond acceptors (Lipinski definition) is 3. The van der Waals surface area contributed by atoms with Crippen LogP contribution in [0.15, 0.2) is 46.8 Å². The summed E-state index contributed by atoms with van der Waals surface area (Å²) in [5.41, 5.74) is 1.28. The van der Waals surface area contributed by atoms with Crippen LogP contribution in [0.25, 0.3) is 0 Å². The fourth-order valence-electron chi connectivity index (χ4n) is 2.02. The van der Waals surface area contributed by atoms with Gasteiger partial charge >= 0.3 is 0 Å². The predicted molar refractivity (Wildman–Crippen MR) is 109 cm³/mol. The molecule has 2 aromatic rings. The van der Waals surface area contributed by atoms with Crippen LogP contribution in [0.2, 0.25) is 0 Å². The van der Waals surface area contributed by atoms with E-state index in [4.69, 9.17) is 4.74 Å². The summed E-state index contributed by atoms with van der Waals surface area (Å²) in [6.45, 7) is 4.50. The lowest BCUT2D eigenvalue weighted by Crippen LogP contribution is -2.38. The molecule has 1 heterocycles. The molecular weight excluding hydrogens is 421 g/mol. The second-order valence-corrected chi connectivity index (χ2v) is 5.83. The van der Waals surface area contributed by atoms with E-state index in [1.807, 2.05) is 12.1 Å². The van der Waals surface area contributed by atoms with Crippen LogP contribution in [0.5, 0.6) is 5.75 Å². The van der Waals surface area contributed by atoms with Gasteiger partial charge in [0.25, 0.3) is 0 Å². The summed E-state index contributed by atoms with van der Waals surface area (Å²) in [6.07, 6.45) is 0.952. The fraction of sp³-hybridized carbons (Fsp3) is 0.353. The van der Waals surface area contributed by atoms with Gasteiger partial charge in [0, 0.05) is 18.0 Å². The number of rotatable bonds is 7. The number of nitrogens with zero attached hydrogens (tertiary/aromatic N) is 1. The minimum Gasteiger partial charge on any atom is -0.497 e. The molecule has 0 radical (unpaired) electrons. The zero-order chi connectivity index (χ0) is 15.6. The van der Waals surface area contributed by atoms with Gasteiger partial charge in [-0.05, 0) is 42.5 Å². The maximum absolute atomic E-state index is 5.17. The summed E-state index contributed by atoms with van der Waals surface area (Å²) in [4.78, 5) is 5.87. The summed E-state index contributed by atoms with van der Waals surface area (Å²) in [5.74, 6) is 1.76. The molecule has 0 amide bonds. The first-order valence-corrected chi connectivity index (χ1v) is 8.37. The molecule has 0 aliphatic rings. The van der Waals surface area contributed by atoms with E-state index in [2.05, 4.69) is 52.2 Å². The second-order valence-electron chi connectivity index (χ2n) is 4.80. The molecule has 126 valence electrons. The Labute approximate surface area is 159 Å². The van der Waals surface area contributed by atoms with Gasteiger partial charge in [0.1, 0.15) is 5.75 Å². The summed E-state index contributed by atoms with van der Waals surface area (Å²) in [5, 5.41) is 8.72. The highest BCUT2D eigenvalue weighted by Gasteiger charge is 1.99. The second kappa shape index (κ2) is 11.3. The number of guanidine groups is 1. The minimum absolute atomic E-state index is 0. The van der Waals surface area contributed by atoms with Crippen LogP contribution in [0, 0.1) is 0 Å². The lowest BCUT2D eigenvalue weighted by atomic mass is 10.1. The van der Waals surface area contributed by atoms with E-state index in [0.29, 0.717) is 0 Å². The van der Waals surface area contributed by atoms with Gasteiger partial charge in [0.2, 0.25) is 0 Å². The van der Waals surface area contributed by atoms with Gasteiger partial charge in [-0.25, -0.2) is 4.99 Å². The number of hydrogen-bond donors (Lipinski definition) is 2. The summed E-state index contributed by atoms with van der Waals surface area (Å²) < 4.78 is 5.17. The van der Waals surface area contributed by atoms with Crippen molar-refractivity contribution in [1.29, 1.82) is 0 Å². The van der Waals surface area contributed by atoms with Gasteiger partial charge in [0.05, 0.1) is 13.7 Å². The summed E-state index contributed by atoms with van der Waals surface area (Å²) >= 11 is 1.73. The Morgan fingerprint density at radius 2 is 1.96 bits per heavy atom. The number of halogens is 1. The Hall–Kier alpha value is -1.28. The molecule has 0 aliphatic carbocycles. The number of thiophene rings is 1. The van der Waals surface area contributed by atoms with Gasteiger partial charge in [-0.15, -0.1) is 35.3 Å². The highest BCUT2D eigenvalue weighted by Crippen LogP contribution is 2.11. The number of nitrogens with one attached hydrogen (secondary N) is 2. The Kier molecular flexibility index (Phi) is 9.70. The zero-order valence-corrected chi connectivity index (χ0v) is 16.7. The molecule has 0 bridgehead atoms. The normalized spacial score (nSPS) is 10.8. The van der Waals surface area contributed by atoms with Crippen LogP contribution in [-0.4, -0.2) is 26.2 Å². The summed E-state index contributed by atoms with van der Waals surface area (Å²) in [6, 6.07) is 12.3. The van der Waals surface area contributed by atoms with E-state index in [0.717, 1.165) is 37.8 Å². The Bertz CT molecular complexity index is 570. The predicted octanol–water partition coefficient (Wildman–Crippen LogP) is 3.67. The number of aliphatic imine (C=N–C) groups is 1. The average molecular weight is 445 g/mol. The highest BCUT2D eigenvalue weighted by molar-refractivity contribution is 14.0. The number of methoxy groups -OCH3 is 1. The third-order valence-electron chi connectivity index (χ3n) is 3.18. The highest BCUT2D eigenvalue weighted by atomic mass is 127. The van der Waals surface area contributed by atoms with Gasteiger partial charge in [-0.3, -0.25) is 0 Å². The van der Waals surface area contributed by atoms with E-state index in [9.17, 15) is 0 Å². The molecule has 4 nitrogen and oxygen atoms in total. The minimum atomic E-state index is 0. The van der Waals surface area contributed by atoms with Crippen molar-refractivity contribution < 1.29 is 4.74 Å². The molecule has 1 aromatic heterocycles. The maximum Gasteiger partial charge on any atom is 0.191 e. The first kappa shape index (κ1) is 19.8. The first-order valence-electron chi connectivity index (χ1n) is 7.49. The SMILES string of the molecule is CCNC(=NCc1cccs1)NCCc1ccc(OC)cc1.I. The van der Waals surface area contributed by atoms with Crippen molar-refractivity contribution in [2.75, 3.05) is 20.2 Å². The first-order chi connectivity index (χ1) is 10.8. The van der Waals surface area contributed by atoms with E-state index in [-0.39, 0.29) is 24.0 Å². The molecule has 0 spiro atoms. The van der Waals surface area contributed by atoms with Crippen molar-refractivity contribution in [3.63, 3.8) is 0 Å². The Morgan fingerprint density at radius 1 is 1.17 bits per heavy atom. The van der Waals surface area contributed by atoms with Gasteiger partial charge in [-0.1, -0.05) is 18.2 Å². The average Bonchev–Trinajstić information content (AvgIpc) is 3.06. The van der Waals surface area contributed by atoms with E-state index in [1.165, 1.54) is 10.4 Å². The van der Waals surface area contributed by atoms with Crippen LogP contribution >= 0.6 is 35.3 Å². The molecule has 0 fully saturated rings. The quantitative estimate of drug-likeness (QED) is 0.389. The van der Waals surface area contributed by atoms with Crippen LogP contribution in [0.4, 0.5) is 0 Å². The van der Waals surface area contributed by atoms with Crippen molar-refractivity contribution in [1.82, 2.24) is 10.6 Å². The van der Waals surface area contributed by atoms with Crippen molar-refractivity contribution in [3.05, 3.63) is 52.2 Å². The number of ether oxygens (including phenoxy) is 1. The van der Waals surface area contributed by atoms with E-state index < -0.39 is 0 Å². The van der Waals surface area contributed by atoms with E-state index in [1.54, 1.807) is 18.4 Å². The number of benzene rings is 1. The van der Waals surface area contributed by atoms with Crippen LogP contribution in [-0.2, 0) is 13.0 Å². The molecule has 23 heavy (non-hydrogen) atoms. The van der Waals surface area contributed by atoms with Crippen LogP contribution < -0.4 is 15.4 Å². The molecule has 0 saturated heterocycles. The standard InChI is InChI=1S/C17H23N3OS.HI/c1-3-18-17(20-13-16-5-4-12-22-16)19-11-10-14-6-8-15(21-2)9-7-14;/h4-9,12H,3,10-11,13H2,1-2H3,(H2,18,19,20);1H. The van der Waals surface area contributed by atoms with Crippen LogP contribution in [0.1, 0.15) is 17.4 Å². The van der Waals surface area contributed by atoms with E-state index >= 15 is 0 Å². The summed E-state index contributed by atoms with van der Waals surface area (Å²) in [7, 11) is 1.68. The van der Waals surface area contributed by atoms with Crippen LogP contribution in [0.3, 0.4) is 0 Å².